The van der Waals surface area contributed by atoms with E-state index in [4.69, 9.17) is 13.9 Å². The minimum Gasteiger partial charge on any atom is -0.482 e. The van der Waals surface area contributed by atoms with Crippen LogP contribution in [0, 0.1) is 0 Å². The smallest absolute Gasteiger partial charge is 0.347 e. The molecular formula is C26H30O5. The lowest BCUT2D eigenvalue weighted by atomic mass is 9.94. The average Bonchev–Trinajstić information content (AvgIpc) is 2.67. The minimum atomic E-state index is -0.529. The molecule has 1 aromatic heterocycles. The van der Waals surface area contributed by atoms with E-state index in [1.165, 1.54) is 24.1 Å². The van der Waals surface area contributed by atoms with Gasteiger partial charge in [0.1, 0.15) is 28.2 Å². The molecule has 3 rings (SSSR count). The Labute approximate surface area is 183 Å². The summed E-state index contributed by atoms with van der Waals surface area (Å²) in [5.41, 5.74) is 2.44. The molecule has 0 fully saturated rings. The van der Waals surface area contributed by atoms with Crippen molar-refractivity contribution >= 4 is 23.0 Å². The van der Waals surface area contributed by atoms with E-state index in [0.29, 0.717) is 28.0 Å². The highest BCUT2D eigenvalue weighted by atomic mass is 16.5. The molecule has 164 valence electrons. The third-order valence-electron chi connectivity index (χ3n) is 5.29. The van der Waals surface area contributed by atoms with Crippen LogP contribution in [0.1, 0.15) is 65.9 Å². The third-order valence-corrected chi connectivity index (χ3v) is 5.29. The van der Waals surface area contributed by atoms with Gasteiger partial charge < -0.3 is 13.9 Å². The second kappa shape index (κ2) is 9.38. The molecular weight excluding hydrogens is 392 g/mol. The van der Waals surface area contributed by atoms with Gasteiger partial charge in [-0.25, -0.2) is 4.79 Å². The number of hydrogen-bond donors (Lipinski definition) is 0. The van der Waals surface area contributed by atoms with Crippen LogP contribution < -0.4 is 15.1 Å². The van der Waals surface area contributed by atoms with Gasteiger partial charge in [0.15, 0.2) is 0 Å². The first kappa shape index (κ1) is 22.6. The fourth-order valence-corrected chi connectivity index (χ4v) is 3.61. The van der Waals surface area contributed by atoms with Crippen molar-refractivity contribution in [2.24, 2.45) is 0 Å². The fraction of sp³-hybridized carbons (Fsp3) is 0.385. The van der Waals surface area contributed by atoms with Gasteiger partial charge in [-0.2, -0.15) is 0 Å². The van der Waals surface area contributed by atoms with Crippen molar-refractivity contribution in [1.82, 2.24) is 0 Å². The molecule has 0 saturated carbocycles. The van der Waals surface area contributed by atoms with E-state index in [-0.39, 0.29) is 0 Å². The molecule has 0 amide bonds. The Bertz CT molecular complexity index is 1130. The second-order valence-corrected chi connectivity index (χ2v) is 8.54. The van der Waals surface area contributed by atoms with E-state index >= 15 is 0 Å². The number of allylic oxidation sites excluding steroid dienone is 4. The van der Waals surface area contributed by atoms with Gasteiger partial charge in [0.05, 0.1) is 5.39 Å². The van der Waals surface area contributed by atoms with Gasteiger partial charge in [-0.05, 0) is 77.7 Å². The molecule has 5 heteroatoms. The van der Waals surface area contributed by atoms with Crippen molar-refractivity contribution < 1.29 is 18.7 Å². The van der Waals surface area contributed by atoms with Gasteiger partial charge in [-0.3, -0.25) is 4.79 Å². The van der Waals surface area contributed by atoms with E-state index in [1.54, 1.807) is 18.2 Å². The van der Waals surface area contributed by atoms with Crippen molar-refractivity contribution in [2.75, 3.05) is 0 Å². The molecule has 0 saturated heterocycles. The first-order chi connectivity index (χ1) is 14.7. The predicted molar refractivity (Wildman–Crippen MR) is 124 cm³/mol. The normalized spacial score (nSPS) is 17.8. The predicted octanol–water partition coefficient (Wildman–Crippen LogP) is 6.36. The quantitative estimate of drug-likeness (QED) is 0.225. The maximum Gasteiger partial charge on any atom is 0.347 e. The summed E-state index contributed by atoms with van der Waals surface area (Å²) in [7, 11) is 0. The van der Waals surface area contributed by atoms with E-state index < -0.39 is 17.2 Å². The molecule has 0 radical (unpaired) electrons. The lowest BCUT2D eigenvalue weighted by Gasteiger charge is -2.31. The Morgan fingerprint density at radius 1 is 1.13 bits per heavy atom. The highest BCUT2D eigenvalue weighted by Crippen LogP contribution is 2.38. The molecule has 1 aromatic carbocycles. The SMILES string of the molecule is CC(=O)Oc1ccc2c3c(c(=O)oc2c1)C=CC(C)(CC/C=C(\C)CCC=C(C)C)O3. The molecule has 1 aliphatic rings. The van der Waals surface area contributed by atoms with E-state index in [1.807, 2.05) is 13.0 Å². The molecule has 0 bridgehead atoms. The van der Waals surface area contributed by atoms with Gasteiger partial charge in [0, 0.05) is 13.0 Å². The van der Waals surface area contributed by atoms with Crippen LogP contribution in [0.5, 0.6) is 11.5 Å². The summed E-state index contributed by atoms with van der Waals surface area (Å²) in [6, 6.07) is 4.96. The topological polar surface area (TPSA) is 65.7 Å². The van der Waals surface area contributed by atoms with Gasteiger partial charge >= 0.3 is 11.6 Å². The highest BCUT2D eigenvalue weighted by molar-refractivity contribution is 5.89. The van der Waals surface area contributed by atoms with Crippen LogP contribution in [0.25, 0.3) is 17.0 Å². The first-order valence-electron chi connectivity index (χ1n) is 10.6. The van der Waals surface area contributed by atoms with E-state index in [0.717, 1.165) is 25.7 Å². The average molecular weight is 423 g/mol. The third kappa shape index (κ3) is 5.75. The van der Waals surface area contributed by atoms with Crippen molar-refractivity contribution in [3.63, 3.8) is 0 Å². The van der Waals surface area contributed by atoms with E-state index in [9.17, 15) is 9.59 Å². The summed E-state index contributed by atoms with van der Waals surface area (Å²) in [6.45, 7) is 9.74. The Balaban J connectivity index is 1.79. The molecule has 0 aliphatic carbocycles. The Morgan fingerprint density at radius 2 is 1.90 bits per heavy atom. The number of hydrogen-bond acceptors (Lipinski definition) is 5. The van der Waals surface area contributed by atoms with Crippen molar-refractivity contribution in [3.8, 4) is 11.5 Å². The maximum absolute atomic E-state index is 12.5. The molecule has 1 atom stereocenters. The summed E-state index contributed by atoms with van der Waals surface area (Å²) in [5.74, 6) is 0.399. The Hall–Kier alpha value is -3.08. The van der Waals surface area contributed by atoms with Crippen LogP contribution in [0.3, 0.4) is 0 Å². The summed E-state index contributed by atoms with van der Waals surface area (Å²) < 4.78 is 16.9. The van der Waals surface area contributed by atoms with Crippen LogP contribution in [0.2, 0.25) is 0 Å². The number of esters is 1. The number of benzene rings is 1. The monoisotopic (exact) mass is 422 g/mol. The van der Waals surface area contributed by atoms with Crippen LogP contribution in [0.4, 0.5) is 0 Å². The zero-order valence-corrected chi connectivity index (χ0v) is 18.9. The molecule has 0 N–H and O–H groups in total. The number of carbonyl (C=O) groups is 1. The maximum atomic E-state index is 12.5. The summed E-state index contributed by atoms with van der Waals surface area (Å²) in [5, 5.41) is 0.675. The van der Waals surface area contributed by atoms with Crippen LogP contribution in [0.15, 0.2) is 56.8 Å². The Morgan fingerprint density at radius 3 is 2.61 bits per heavy atom. The summed E-state index contributed by atoms with van der Waals surface area (Å²) in [4.78, 5) is 23.7. The number of fused-ring (bicyclic) bond motifs is 3. The number of carbonyl (C=O) groups excluding carboxylic acids is 1. The standard InChI is InChI=1S/C26H30O5/c1-17(2)8-6-9-18(3)10-7-14-26(5)15-13-22-24(31-26)21-12-11-20(29-19(4)27)16-23(21)30-25(22)28/h8,10-13,15-16H,6-7,9,14H2,1-5H3/b18-10+. The highest BCUT2D eigenvalue weighted by Gasteiger charge is 2.30. The largest absolute Gasteiger partial charge is 0.482 e. The molecule has 31 heavy (non-hydrogen) atoms. The molecule has 1 unspecified atom stereocenters. The zero-order chi connectivity index (χ0) is 22.6. The van der Waals surface area contributed by atoms with Crippen LogP contribution in [-0.2, 0) is 4.79 Å². The van der Waals surface area contributed by atoms with Crippen molar-refractivity contribution in [3.05, 3.63) is 63.6 Å². The van der Waals surface area contributed by atoms with Crippen molar-refractivity contribution in [1.29, 1.82) is 0 Å². The second-order valence-electron chi connectivity index (χ2n) is 8.54. The van der Waals surface area contributed by atoms with E-state index in [2.05, 4.69) is 32.9 Å². The van der Waals surface area contributed by atoms with Crippen LogP contribution in [-0.4, -0.2) is 11.6 Å². The first-order valence-corrected chi connectivity index (χ1v) is 10.6. The number of rotatable bonds is 7. The number of ether oxygens (including phenoxy) is 2. The Kier molecular flexibility index (Phi) is 6.84. The molecule has 1 aliphatic heterocycles. The molecule has 5 nitrogen and oxygen atoms in total. The lowest BCUT2D eigenvalue weighted by Crippen LogP contribution is -2.33. The fourth-order valence-electron chi connectivity index (χ4n) is 3.61. The van der Waals surface area contributed by atoms with Gasteiger partial charge in [-0.1, -0.05) is 23.3 Å². The van der Waals surface area contributed by atoms with Gasteiger partial charge in [0.2, 0.25) is 0 Å². The van der Waals surface area contributed by atoms with Crippen LogP contribution >= 0.6 is 0 Å². The molecule has 0 spiro atoms. The zero-order valence-electron chi connectivity index (χ0n) is 18.9. The summed E-state index contributed by atoms with van der Waals surface area (Å²) >= 11 is 0. The minimum absolute atomic E-state index is 0.325. The molecule has 2 heterocycles. The van der Waals surface area contributed by atoms with Crippen molar-refractivity contribution in [2.45, 2.75) is 65.9 Å². The van der Waals surface area contributed by atoms with Gasteiger partial charge in [0.25, 0.3) is 0 Å². The lowest BCUT2D eigenvalue weighted by molar-refractivity contribution is -0.131. The summed E-state index contributed by atoms with van der Waals surface area (Å²) in [6.07, 6.45) is 12.0. The van der Waals surface area contributed by atoms with Gasteiger partial charge in [-0.15, -0.1) is 0 Å². The molecule has 2 aromatic rings.